The summed E-state index contributed by atoms with van der Waals surface area (Å²) in [5.41, 5.74) is 8.89. The highest BCUT2D eigenvalue weighted by Gasteiger charge is 2.18. The van der Waals surface area contributed by atoms with Gasteiger partial charge in [0.05, 0.1) is 5.69 Å². The lowest BCUT2D eigenvalue weighted by Gasteiger charge is -2.21. The molecule has 0 radical (unpaired) electrons. The Balaban J connectivity index is 1.58. The molecule has 148 valence electrons. The third-order valence-electron chi connectivity index (χ3n) is 5.86. The molecule has 2 aliphatic rings. The van der Waals surface area contributed by atoms with E-state index in [4.69, 9.17) is 10.7 Å². The summed E-state index contributed by atoms with van der Waals surface area (Å²) in [6.45, 7) is 1.90. The zero-order valence-electron chi connectivity index (χ0n) is 16.3. The summed E-state index contributed by atoms with van der Waals surface area (Å²) in [6, 6.07) is 7.91. The Kier molecular flexibility index (Phi) is 5.86. The van der Waals surface area contributed by atoms with Crippen LogP contribution in [0, 0.1) is 5.92 Å². The van der Waals surface area contributed by atoms with Crippen LogP contribution in [0.15, 0.2) is 30.5 Å². The van der Waals surface area contributed by atoms with Crippen LogP contribution in [0.3, 0.4) is 0 Å². The van der Waals surface area contributed by atoms with Crippen LogP contribution in [0.4, 0.5) is 5.82 Å². The van der Waals surface area contributed by atoms with Crippen molar-refractivity contribution in [3.05, 3.63) is 41.7 Å². The van der Waals surface area contributed by atoms with Crippen LogP contribution in [0.1, 0.15) is 54.6 Å². The van der Waals surface area contributed by atoms with Gasteiger partial charge >= 0.3 is 0 Å². The molecule has 4 rings (SSSR count). The predicted molar refractivity (Wildman–Crippen MR) is 111 cm³/mol. The topological polar surface area (TPSA) is 92.9 Å². The van der Waals surface area contributed by atoms with Gasteiger partial charge in [-0.1, -0.05) is 32.1 Å². The number of amides is 1. The Labute approximate surface area is 166 Å². The monoisotopic (exact) mass is 379 g/mol. The Morgan fingerprint density at radius 2 is 2.04 bits per heavy atom. The molecule has 4 N–H and O–H groups in total. The summed E-state index contributed by atoms with van der Waals surface area (Å²) in [7, 11) is 0. The van der Waals surface area contributed by atoms with E-state index in [1.165, 1.54) is 32.1 Å². The number of anilines is 1. The van der Waals surface area contributed by atoms with Gasteiger partial charge in [-0.2, -0.15) is 0 Å². The lowest BCUT2D eigenvalue weighted by Crippen LogP contribution is -2.23. The zero-order valence-corrected chi connectivity index (χ0v) is 16.3. The molecule has 1 amide bonds. The molecule has 1 atom stereocenters. The third kappa shape index (κ3) is 4.68. The lowest BCUT2D eigenvalue weighted by molar-refractivity contribution is 0.1000. The van der Waals surface area contributed by atoms with E-state index >= 15 is 0 Å². The first-order chi connectivity index (χ1) is 13.7. The normalized spacial score (nSPS) is 20.2. The maximum Gasteiger partial charge on any atom is 0.248 e. The van der Waals surface area contributed by atoms with Gasteiger partial charge in [-0.3, -0.25) is 9.78 Å². The number of primary amides is 1. The van der Waals surface area contributed by atoms with Crippen molar-refractivity contribution < 1.29 is 4.79 Å². The highest BCUT2D eigenvalue weighted by atomic mass is 16.1. The van der Waals surface area contributed by atoms with Gasteiger partial charge in [0.1, 0.15) is 5.82 Å². The molecule has 1 saturated heterocycles. The SMILES string of the molecule is NC(=O)c1cc(N[C@@H]2CCNC2)nc(-c2ccnc(CC3CCCCC3)c2)c1. The predicted octanol–water partition coefficient (Wildman–Crippen LogP) is 3.14. The maximum absolute atomic E-state index is 11.8. The molecule has 1 saturated carbocycles. The Morgan fingerprint density at radius 3 is 2.79 bits per heavy atom. The average Bonchev–Trinajstić information content (AvgIpc) is 3.22. The number of pyridine rings is 2. The van der Waals surface area contributed by atoms with Crippen LogP contribution in [0.2, 0.25) is 0 Å². The van der Waals surface area contributed by atoms with E-state index in [1.807, 2.05) is 12.3 Å². The number of nitrogens with zero attached hydrogens (tertiary/aromatic N) is 2. The van der Waals surface area contributed by atoms with Crippen molar-refractivity contribution in [1.82, 2.24) is 15.3 Å². The molecular weight excluding hydrogens is 350 g/mol. The number of aromatic nitrogens is 2. The quantitative estimate of drug-likeness (QED) is 0.717. The van der Waals surface area contributed by atoms with Crippen molar-refractivity contribution in [1.29, 1.82) is 0 Å². The van der Waals surface area contributed by atoms with Crippen molar-refractivity contribution in [3.8, 4) is 11.3 Å². The summed E-state index contributed by atoms with van der Waals surface area (Å²) in [5.74, 6) is 0.992. The molecule has 0 unspecified atom stereocenters. The highest BCUT2D eigenvalue weighted by Crippen LogP contribution is 2.28. The fourth-order valence-corrected chi connectivity index (χ4v) is 4.32. The van der Waals surface area contributed by atoms with E-state index < -0.39 is 5.91 Å². The molecule has 2 fully saturated rings. The smallest absolute Gasteiger partial charge is 0.248 e. The van der Waals surface area contributed by atoms with Crippen LogP contribution in [0.25, 0.3) is 11.3 Å². The molecule has 3 heterocycles. The highest BCUT2D eigenvalue weighted by molar-refractivity contribution is 5.94. The molecule has 6 nitrogen and oxygen atoms in total. The summed E-state index contributed by atoms with van der Waals surface area (Å²) in [6.07, 6.45) is 10.5. The van der Waals surface area contributed by atoms with Gasteiger partial charge in [-0.15, -0.1) is 0 Å². The van der Waals surface area contributed by atoms with E-state index in [2.05, 4.69) is 21.7 Å². The van der Waals surface area contributed by atoms with E-state index in [9.17, 15) is 4.79 Å². The van der Waals surface area contributed by atoms with Crippen molar-refractivity contribution in [2.45, 2.75) is 51.0 Å². The van der Waals surface area contributed by atoms with E-state index in [0.29, 0.717) is 17.4 Å². The molecule has 2 aromatic rings. The first-order valence-electron chi connectivity index (χ1n) is 10.4. The van der Waals surface area contributed by atoms with E-state index in [0.717, 1.165) is 48.8 Å². The van der Waals surface area contributed by atoms with Gasteiger partial charge in [0, 0.05) is 35.6 Å². The lowest BCUT2D eigenvalue weighted by atomic mass is 9.86. The number of carbonyl (C=O) groups is 1. The van der Waals surface area contributed by atoms with Crippen molar-refractivity contribution in [2.75, 3.05) is 18.4 Å². The van der Waals surface area contributed by atoms with Gasteiger partial charge in [0.15, 0.2) is 0 Å². The second kappa shape index (κ2) is 8.69. The fraction of sp³-hybridized carbons (Fsp3) is 0.500. The Bertz CT molecular complexity index is 825. The number of rotatable bonds is 6. The molecular formula is C22H29N5O. The Morgan fingerprint density at radius 1 is 1.18 bits per heavy atom. The molecule has 6 heteroatoms. The molecule has 0 spiro atoms. The van der Waals surface area contributed by atoms with E-state index in [-0.39, 0.29) is 0 Å². The summed E-state index contributed by atoms with van der Waals surface area (Å²) < 4.78 is 0. The Hall–Kier alpha value is -2.47. The van der Waals surface area contributed by atoms with E-state index in [1.54, 1.807) is 12.1 Å². The summed E-state index contributed by atoms with van der Waals surface area (Å²) in [4.78, 5) is 21.2. The van der Waals surface area contributed by atoms with Crippen LogP contribution >= 0.6 is 0 Å². The summed E-state index contributed by atoms with van der Waals surface area (Å²) in [5, 5.41) is 6.76. The van der Waals surface area contributed by atoms with Crippen molar-refractivity contribution >= 4 is 11.7 Å². The summed E-state index contributed by atoms with van der Waals surface area (Å²) >= 11 is 0. The molecule has 28 heavy (non-hydrogen) atoms. The van der Waals surface area contributed by atoms with Gasteiger partial charge < -0.3 is 16.4 Å². The largest absolute Gasteiger partial charge is 0.366 e. The van der Waals surface area contributed by atoms with Gasteiger partial charge in [0.2, 0.25) is 5.91 Å². The van der Waals surface area contributed by atoms with Gasteiger partial charge in [0.25, 0.3) is 0 Å². The molecule has 0 aromatic carbocycles. The first kappa shape index (κ1) is 18.9. The minimum atomic E-state index is -0.437. The number of nitrogens with two attached hydrogens (primary N) is 1. The molecule has 1 aliphatic carbocycles. The van der Waals surface area contributed by atoms with Crippen LogP contribution in [0.5, 0.6) is 0 Å². The zero-order chi connectivity index (χ0) is 19.3. The number of nitrogens with one attached hydrogen (secondary N) is 2. The van der Waals surface area contributed by atoms with Crippen LogP contribution < -0.4 is 16.4 Å². The number of hydrogen-bond acceptors (Lipinski definition) is 5. The minimum absolute atomic E-state index is 0.322. The molecule has 2 aromatic heterocycles. The first-order valence-corrected chi connectivity index (χ1v) is 10.4. The number of carbonyl (C=O) groups excluding carboxylic acids is 1. The second-order valence-corrected chi connectivity index (χ2v) is 8.07. The molecule has 1 aliphatic heterocycles. The van der Waals surface area contributed by atoms with Crippen molar-refractivity contribution in [2.24, 2.45) is 11.7 Å². The fourth-order valence-electron chi connectivity index (χ4n) is 4.32. The third-order valence-corrected chi connectivity index (χ3v) is 5.86. The number of hydrogen-bond donors (Lipinski definition) is 3. The molecule has 0 bridgehead atoms. The van der Waals surface area contributed by atoms with Gasteiger partial charge in [-0.25, -0.2) is 4.98 Å². The van der Waals surface area contributed by atoms with Crippen LogP contribution in [-0.2, 0) is 6.42 Å². The second-order valence-electron chi connectivity index (χ2n) is 8.07. The minimum Gasteiger partial charge on any atom is -0.366 e. The van der Waals surface area contributed by atoms with Crippen molar-refractivity contribution in [3.63, 3.8) is 0 Å². The van der Waals surface area contributed by atoms with Gasteiger partial charge in [-0.05, 0) is 49.6 Å². The average molecular weight is 380 g/mol. The maximum atomic E-state index is 11.8. The van der Waals surface area contributed by atoms with Crippen LogP contribution in [-0.4, -0.2) is 35.0 Å². The standard InChI is InChI=1S/C22H29N5O/c23-22(28)17-12-20(27-21(13-17)26-18-7-8-24-14-18)16-6-9-25-19(11-16)10-15-4-2-1-3-5-15/h6,9,11-13,15,18,24H,1-5,7-8,10,14H2,(H2,23,28)(H,26,27)/t18-/m1/s1.